The molecule has 2 aromatic heterocycles. The molecule has 1 N–H and O–H groups in total. The van der Waals surface area contributed by atoms with E-state index in [-0.39, 0.29) is 5.41 Å². The molecule has 0 saturated carbocycles. The maximum Gasteiger partial charge on any atom is 0.0619 e. The molecule has 4 nitrogen and oxygen atoms in total. The Morgan fingerprint density at radius 3 is 1.74 bits per heavy atom. The van der Waals surface area contributed by atoms with Crippen LogP contribution in [0.1, 0.15) is 41.6 Å². The van der Waals surface area contributed by atoms with Gasteiger partial charge >= 0.3 is 0 Å². The van der Waals surface area contributed by atoms with Crippen molar-refractivity contribution in [2.24, 2.45) is 5.92 Å². The van der Waals surface area contributed by atoms with E-state index < -0.39 is 0 Å². The molecule has 18 rings (SSSR count). The van der Waals surface area contributed by atoms with Crippen LogP contribution in [0.3, 0.4) is 0 Å². The van der Waals surface area contributed by atoms with Gasteiger partial charge < -0.3 is 19.4 Å². The molecule has 404 valence electrons. The summed E-state index contributed by atoms with van der Waals surface area (Å²) in [6.45, 7) is 4.55. The number of aryl methyl sites for hydroxylation is 1. The van der Waals surface area contributed by atoms with Crippen molar-refractivity contribution in [3.05, 3.63) is 319 Å². The van der Waals surface area contributed by atoms with E-state index in [1.165, 1.54) is 115 Å². The van der Waals surface area contributed by atoms with E-state index in [2.05, 4.69) is 324 Å². The first-order chi connectivity index (χ1) is 41.9. The van der Waals surface area contributed by atoms with Gasteiger partial charge in [-0.25, -0.2) is 0 Å². The van der Waals surface area contributed by atoms with Crippen LogP contribution >= 0.6 is 0 Å². The summed E-state index contributed by atoms with van der Waals surface area (Å²) < 4.78 is 4.97. The molecule has 5 aliphatic rings. The predicted molar refractivity (Wildman–Crippen MR) is 361 cm³/mol. The van der Waals surface area contributed by atoms with Crippen LogP contribution in [-0.2, 0) is 5.41 Å². The summed E-state index contributed by atoms with van der Waals surface area (Å²) >= 11 is 0. The van der Waals surface area contributed by atoms with Crippen LogP contribution in [0.25, 0.3) is 93.2 Å². The van der Waals surface area contributed by atoms with Gasteiger partial charge in [-0.05, 0) is 135 Å². The normalized spacial score (nSPS) is 18.8. The highest BCUT2D eigenvalue weighted by atomic mass is 15.1. The summed E-state index contributed by atoms with van der Waals surface area (Å²) in [4.78, 5) is 2.38. The van der Waals surface area contributed by atoms with E-state index in [4.69, 9.17) is 0 Å². The van der Waals surface area contributed by atoms with Gasteiger partial charge in [-0.3, -0.25) is 0 Å². The number of hydrogen-bond acceptors (Lipinski definition) is 2. The Morgan fingerprint density at radius 1 is 0.471 bits per heavy atom. The number of hydrogen-bond donors (Lipinski definition) is 1. The number of anilines is 4. The third kappa shape index (κ3) is 7.68. The first-order valence-electron chi connectivity index (χ1n) is 30.0. The van der Waals surface area contributed by atoms with Gasteiger partial charge in [-0.15, -0.1) is 0 Å². The highest BCUT2D eigenvalue weighted by Crippen LogP contribution is 2.51. The molecule has 4 atom stereocenters. The van der Waals surface area contributed by atoms with Crippen LogP contribution in [0.15, 0.2) is 296 Å². The van der Waals surface area contributed by atoms with Crippen LogP contribution in [0, 0.1) is 12.8 Å². The number of benzene rings is 11. The van der Waals surface area contributed by atoms with Gasteiger partial charge in [0.15, 0.2) is 0 Å². The molecule has 0 saturated heterocycles. The Balaban J connectivity index is 0.000000214. The molecule has 1 aliphatic heterocycles. The molecular formula is C81H60N4. The van der Waals surface area contributed by atoms with Gasteiger partial charge in [-0.1, -0.05) is 231 Å². The van der Waals surface area contributed by atoms with E-state index in [0.29, 0.717) is 17.9 Å². The molecule has 0 radical (unpaired) electrons. The minimum absolute atomic E-state index is 0.140. The number of nitrogens with one attached hydrogen (secondary N) is 1. The SMILES string of the molecule is C1=CC2=C(C=CC1)C1c3ccc4ccccc4c3NC1C=C2.Cc1ccc(N(c2ccc(-n3c4c(c5ccc6ccccc6c53)C3(C)C=CC=CC3C=C4)cc2)c2ccc(-n3c4ccc5ccccc5c4c4ccc5ccccc5c43)cc2)cc1. The first-order valence-corrected chi connectivity index (χ1v) is 30.0. The van der Waals surface area contributed by atoms with Crippen LogP contribution < -0.4 is 10.2 Å². The Hall–Kier alpha value is -10.4. The third-order valence-electron chi connectivity index (χ3n) is 19.0. The Morgan fingerprint density at radius 2 is 1.04 bits per heavy atom. The lowest BCUT2D eigenvalue weighted by Crippen LogP contribution is -2.31. The standard InChI is InChI=1S/C60H43N3.C21H17N/c1-39-18-24-44(25-19-39)61(45-26-30-47(31-27-45)62-54-36-22-40-11-3-6-15-49(40)56(54)52-34-20-41-12-4-7-16-50(41)58(52)62)46-28-32-48(33-29-46)63-55-37-23-43-14-9-10-38-60(43,2)57(55)53-35-21-42-13-5-8-17-51(42)59(53)63;1-2-6-14-11-13-19-20(16(14)8-3-1)18-12-10-15-7-4-5-9-17(15)21(18)22-19/h3-38,43H,1-2H3;2-13,19-20,22H,1H2. The van der Waals surface area contributed by atoms with E-state index in [1.807, 2.05) is 0 Å². The van der Waals surface area contributed by atoms with Crippen LogP contribution in [0.4, 0.5) is 22.7 Å². The van der Waals surface area contributed by atoms with Crippen LogP contribution in [0.5, 0.6) is 0 Å². The lowest BCUT2D eigenvalue weighted by Gasteiger charge is -2.37. The fraction of sp³-hybridized carbons (Fsp3) is 0.0864. The fourth-order valence-electron chi connectivity index (χ4n) is 15.0. The molecule has 85 heavy (non-hydrogen) atoms. The number of allylic oxidation sites excluding steroid dienone is 11. The molecule has 0 bridgehead atoms. The fourth-order valence-corrected chi connectivity index (χ4v) is 15.0. The van der Waals surface area contributed by atoms with Crippen molar-refractivity contribution in [1.29, 1.82) is 0 Å². The zero-order valence-corrected chi connectivity index (χ0v) is 47.5. The second kappa shape index (κ2) is 19.3. The molecule has 3 heterocycles. The smallest absolute Gasteiger partial charge is 0.0619 e. The maximum absolute atomic E-state index is 3.75. The lowest BCUT2D eigenvalue weighted by atomic mass is 9.66. The maximum atomic E-state index is 3.75. The van der Waals surface area contributed by atoms with Crippen molar-refractivity contribution < 1.29 is 0 Å². The Kier molecular flexibility index (Phi) is 11.2. The summed E-state index contributed by atoms with van der Waals surface area (Å²) in [6, 6.07) is 80.9. The summed E-state index contributed by atoms with van der Waals surface area (Å²) in [7, 11) is 0. The zero-order valence-electron chi connectivity index (χ0n) is 47.5. The van der Waals surface area contributed by atoms with Crippen molar-refractivity contribution in [2.75, 3.05) is 10.2 Å². The van der Waals surface area contributed by atoms with Gasteiger partial charge in [0.1, 0.15) is 0 Å². The minimum atomic E-state index is -0.140. The average Bonchev–Trinajstić information content (AvgIpc) is 1.87. The molecule has 13 aromatic rings. The highest BCUT2D eigenvalue weighted by molar-refractivity contribution is 6.26. The largest absolute Gasteiger partial charge is 0.377 e. The van der Waals surface area contributed by atoms with Crippen molar-refractivity contribution in [3.63, 3.8) is 0 Å². The second-order valence-corrected chi connectivity index (χ2v) is 23.8. The summed E-state index contributed by atoms with van der Waals surface area (Å²) in [5.41, 5.74) is 18.6. The molecular weight excluding hydrogens is 1030 g/mol. The van der Waals surface area contributed by atoms with Crippen molar-refractivity contribution in [2.45, 2.75) is 37.6 Å². The summed E-state index contributed by atoms with van der Waals surface area (Å²) in [6.07, 6.45) is 28.6. The van der Waals surface area contributed by atoms with Gasteiger partial charge in [0.05, 0.1) is 28.3 Å². The summed E-state index contributed by atoms with van der Waals surface area (Å²) in [5.74, 6) is 0.741. The predicted octanol–water partition coefficient (Wildman–Crippen LogP) is 21.1. The zero-order chi connectivity index (χ0) is 56.3. The molecule has 4 heteroatoms. The number of nitrogens with zero attached hydrogens (tertiary/aromatic N) is 3. The van der Waals surface area contributed by atoms with E-state index >= 15 is 0 Å². The van der Waals surface area contributed by atoms with Gasteiger partial charge in [-0.2, -0.15) is 0 Å². The van der Waals surface area contributed by atoms with E-state index in [1.54, 1.807) is 0 Å². The second-order valence-electron chi connectivity index (χ2n) is 23.8. The van der Waals surface area contributed by atoms with Gasteiger partial charge in [0.25, 0.3) is 0 Å². The molecule has 11 aromatic carbocycles. The quantitative estimate of drug-likeness (QED) is 0.186. The molecule has 0 amide bonds. The van der Waals surface area contributed by atoms with Crippen molar-refractivity contribution in [1.82, 2.24) is 9.13 Å². The number of fused-ring (bicyclic) bond motifs is 20. The van der Waals surface area contributed by atoms with Crippen molar-refractivity contribution in [3.8, 4) is 11.4 Å². The minimum Gasteiger partial charge on any atom is -0.377 e. The van der Waals surface area contributed by atoms with Gasteiger partial charge in [0, 0.05) is 83.7 Å². The van der Waals surface area contributed by atoms with E-state index in [0.717, 1.165) is 34.9 Å². The molecule has 4 aliphatic carbocycles. The number of aromatic nitrogens is 2. The lowest BCUT2D eigenvalue weighted by molar-refractivity contribution is 0.496. The van der Waals surface area contributed by atoms with E-state index in [9.17, 15) is 0 Å². The monoisotopic (exact) mass is 1090 g/mol. The molecule has 0 fully saturated rings. The Bertz CT molecular complexity index is 5150. The van der Waals surface area contributed by atoms with Gasteiger partial charge in [0.2, 0.25) is 0 Å². The summed E-state index contributed by atoms with van der Waals surface area (Å²) in [5, 5.41) is 17.8. The molecule has 0 spiro atoms. The molecule has 4 unspecified atom stereocenters. The van der Waals surface area contributed by atoms with Crippen LogP contribution in [-0.4, -0.2) is 15.2 Å². The highest BCUT2D eigenvalue weighted by Gasteiger charge is 2.40. The first kappa shape index (κ1) is 49.2. The average molecular weight is 1090 g/mol. The van der Waals surface area contributed by atoms with Crippen LogP contribution in [0.2, 0.25) is 0 Å². The van der Waals surface area contributed by atoms with Crippen molar-refractivity contribution >= 4 is 105 Å². The third-order valence-corrected chi connectivity index (χ3v) is 19.0. The topological polar surface area (TPSA) is 25.1 Å². The number of rotatable bonds is 5. The Labute approximate surface area is 494 Å².